The van der Waals surface area contributed by atoms with Crippen LogP contribution >= 0.6 is 0 Å². The molecule has 4 saturated carbocycles. The van der Waals surface area contributed by atoms with Gasteiger partial charge in [-0.3, -0.25) is 14.4 Å². The van der Waals surface area contributed by atoms with Crippen molar-refractivity contribution >= 4 is 53.7 Å². The van der Waals surface area contributed by atoms with E-state index in [0.717, 1.165) is 85.3 Å². The SMILES string of the molecule is C=C(C)C(=O)OC1CC2CC(C(=O)Oc3cccc(C(F)(F)F)c3)C1C2.C=C(C)C(=O)OC1CC2CC1C(C(=O)Oc1cccc(C(F)(F)F)c1)C2C(=O)Oc1cccc(C(F)(F)F)c1.C=C(C)C(=O)OCC(=O)OCc1cccc(C(F)(F)F)c1.C=C(C)C(=O)Oc1ccc(C(=O)Oc2cccc(C(F)(F)F)c2)cc1. The van der Waals surface area contributed by atoms with Gasteiger partial charge in [-0.1, -0.05) is 62.7 Å². The molecule has 6 aromatic carbocycles. The molecule has 18 nitrogen and oxygen atoms in total. The maximum Gasteiger partial charge on any atom is 0.416 e. The molecule has 9 unspecified atom stereocenters. The highest BCUT2D eigenvalue weighted by Crippen LogP contribution is 2.55. The number of hydrogen-bond acceptors (Lipinski definition) is 18. The summed E-state index contributed by atoms with van der Waals surface area (Å²) in [5.74, 6) is -12.1. The second-order valence-corrected chi connectivity index (χ2v) is 25.9. The lowest BCUT2D eigenvalue weighted by atomic mass is 9.77. The van der Waals surface area contributed by atoms with Crippen LogP contribution in [0, 0.1) is 41.4 Å². The van der Waals surface area contributed by atoms with E-state index in [4.69, 9.17) is 37.9 Å². The summed E-state index contributed by atoms with van der Waals surface area (Å²) in [5, 5.41) is 0. The van der Waals surface area contributed by atoms with Gasteiger partial charge in [-0.05, 0) is 186 Å². The van der Waals surface area contributed by atoms with Crippen molar-refractivity contribution in [2.45, 2.75) is 109 Å². The molecule has 0 aromatic heterocycles. The zero-order chi connectivity index (χ0) is 82.4. The van der Waals surface area contributed by atoms with Crippen molar-refractivity contribution in [1.82, 2.24) is 0 Å². The lowest BCUT2D eigenvalue weighted by Gasteiger charge is -2.32. The van der Waals surface area contributed by atoms with Crippen LogP contribution in [0.3, 0.4) is 0 Å². The number of carbonyl (C=O) groups excluding carboxylic acids is 9. The van der Waals surface area contributed by atoms with Crippen molar-refractivity contribution in [3.8, 4) is 28.7 Å². The minimum absolute atomic E-state index is 0.0903. The Labute approximate surface area is 622 Å². The van der Waals surface area contributed by atoms with Gasteiger partial charge in [0, 0.05) is 34.1 Å². The third-order valence-electron chi connectivity index (χ3n) is 17.2. The summed E-state index contributed by atoms with van der Waals surface area (Å²) in [6.07, 6.45) is -21.6. The van der Waals surface area contributed by atoms with Crippen molar-refractivity contribution in [3.63, 3.8) is 0 Å². The van der Waals surface area contributed by atoms with E-state index in [-0.39, 0.29) is 88.1 Å². The molecule has 4 aliphatic carbocycles. The van der Waals surface area contributed by atoms with E-state index in [1.54, 1.807) is 6.92 Å². The third kappa shape index (κ3) is 24.7. The van der Waals surface area contributed by atoms with Gasteiger partial charge in [-0.25, -0.2) is 28.8 Å². The van der Waals surface area contributed by atoms with Crippen molar-refractivity contribution in [2.24, 2.45) is 41.4 Å². The summed E-state index contributed by atoms with van der Waals surface area (Å²) in [5.41, 5.74) is -3.72. The summed E-state index contributed by atoms with van der Waals surface area (Å²) in [6.45, 7) is 18.7. The van der Waals surface area contributed by atoms with Crippen LogP contribution in [-0.4, -0.2) is 72.5 Å². The molecule has 0 heterocycles. The fraction of sp³-hybridized carbons (Fsp3) is 0.321. The maximum atomic E-state index is 13.3. The summed E-state index contributed by atoms with van der Waals surface area (Å²) < 4.78 is 238. The fourth-order valence-corrected chi connectivity index (χ4v) is 12.1. The number of rotatable bonds is 19. The quantitative estimate of drug-likeness (QED) is 0.0241. The average Bonchev–Trinajstić information content (AvgIpc) is 1.59. The van der Waals surface area contributed by atoms with E-state index < -0.39 is 166 Å². The first kappa shape index (κ1) is 86.7. The van der Waals surface area contributed by atoms with Gasteiger partial charge in [0.25, 0.3) is 0 Å². The minimum Gasteiger partial charge on any atom is -0.459 e. The Hall–Kier alpha value is -11.5. The van der Waals surface area contributed by atoms with E-state index >= 15 is 0 Å². The first-order valence-electron chi connectivity index (χ1n) is 33.1. The van der Waals surface area contributed by atoms with E-state index in [9.17, 15) is 109 Å². The maximum absolute atomic E-state index is 13.3. The molecule has 0 N–H and O–H groups in total. The molecule has 4 aliphatic rings. The highest BCUT2D eigenvalue weighted by Gasteiger charge is 2.61. The van der Waals surface area contributed by atoms with E-state index in [1.807, 2.05) is 0 Å². The molecule has 6 aromatic rings. The number of esters is 9. The van der Waals surface area contributed by atoms with Gasteiger partial charge in [0.15, 0.2) is 6.61 Å². The molecule has 0 amide bonds. The van der Waals surface area contributed by atoms with Crippen molar-refractivity contribution in [1.29, 1.82) is 0 Å². The normalized spacial score (nSPS) is 19.4. The van der Waals surface area contributed by atoms with Crippen LogP contribution < -0.4 is 23.7 Å². The Morgan fingerprint density at radius 2 is 0.757 bits per heavy atom. The molecule has 0 aliphatic heterocycles. The Balaban J connectivity index is 0.000000212. The monoisotopic (exact) mass is 1580 g/mol. The number of fused-ring (bicyclic) bond motifs is 4. The Bertz CT molecular complexity index is 4500. The van der Waals surface area contributed by atoms with Gasteiger partial charge in [0.05, 0.1) is 51.1 Å². The minimum atomic E-state index is -4.70. The van der Waals surface area contributed by atoms with Crippen molar-refractivity contribution < 1.29 is 152 Å². The molecule has 4 fully saturated rings. The van der Waals surface area contributed by atoms with Crippen LogP contribution in [0.5, 0.6) is 28.7 Å². The van der Waals surface area contributed by atoms with Gasteiger partial charge >= 0.3 is 84.6 Å². The second-order valence-electron chi connectivity index (χ2n) is 25.9. The van der Waals surface area contributed by atoms with Crippen LogP contribution in [0.25, 0.3) is 0 Å². The molecule has 111 heavy (non-hydrogen) atoms. The molecule has 9 atom stereocenters. The fourth-order valence-electron chi connectivity index (χ4n) is 12.1. The lowest BCUT2D eigenvalue weighted by molar-refractivity contribution is -0.161. The smallest absolute Gasteiger partial charge is 0.416 e. The first-order valence-corrected chi connectivity index (χ1v) is 33.1. The number of benzene rings is 6. The third-order valence-corrected chi connectivity index (χ3v) is 17.2. The van der Waals surface area contributed by atoms with Crippen molar-refractivity contribution in [2.75, 3.05) is 6.61 Å². The largest absolute Gasteiger partial charge is 0.459 e. The lowest BCUT2D eigenvalue weighted by Crippen LogP contribution is -2.44. The zero-order valence-corrected chi connectivity index (χ0v) is 58.8. The number of ether oxygens (including phenoxy) is 9. The summed E-state index contributed by atoms with van der Waals surface area (Å²) in [4.78, 5) is 108. The molecule has 4 bridgehead atoms. The Morgan fingerprint density at radius 1 is 0.369 bits per heavy atom. The topological polar surface area (TPSA) is 237 Å². The molecule has 0 saturated heterocycles. The molecule has 0 radical (unpaired) electrons. The second kappa shape index (κ2) is 36.3. The van der Waals surface area contributed by atoms with E-state index in [2.05, 4.69) is 31.1 Å². The highest BCUT2D eigenvalue weighted by molar-refractivity contribution is 5.93. The molecular formula is C78H67F15O18. The van der Waals surface area contributed by atoms with Gasteiger partial charge in [-0.15, -0.1) is 0 Å². The van der Waals surface area contributed by atoms with Crippen LogP contribution in [0.1, 0.15) is 104 Å². The van der Waals surface area contributed by atoms with Crippen LogP contribution in [-0.2, 0) is 94.8 Å². The molecule has 592 valence electrons. The van der Waals surface area contributed by atoms with Crippen molar-refractivity contribution in [3.05, 3.63) is 233 Å². The van der Waals surface area contributed by atoms with Gasteiger partial charge < -0.3 is 42.6 Å². The van der Waals surface area contributed by atoms with E-state index in [0.29, 0.717) is 25.0 Å². The predicted octanol–water partition coefficient (Wildman–Crippen LogP) is 17.4. The molecule has 33 heteroatoms. The van der Waals surface area contributed by atoms with Gasteiger partial charge in [-0.2, -0.15) is 65.9 Å². The van der Waals surface area contributed by atoms with E-state index in [1.165, 1.54) is 75.4 Å². The Morgan fingerprint density at radius 3 is 1.17 bits per heavy atom. The average molecular weight is 1580 g/mol. The van der Waals surface area contributed by atoms with Gasteiger partial charge in [0.2, 0.25) is 0 Å². The van der Waals surface area contributed by atoms with Crippen LogP contribution in [0.15, 0.2) is 194 Å². The molecule has 0 spiro atoms. The standard InChI is InChI=1S/C27H22F6O6.C19H19F3O4.C18H13F3O4.C14H13F3O4/c1-13(2)23(34)39-20-10-14-9-19(20)22(25(36)38-18-8-4-6-16(12-18)27(31,32)33)21(14)24(35)37-17-7-3-5-15(11-17)26(28,29)30;1-10(2)17(23)26-16-8-11-6-14(16)15(7-11)18(24)25-13-5-3-4-12(9-13)19(20,21)22;1-11(2)16(22)24-14-8-6-12(7-9-14)17(23)25-15-5-3-4-13(10-15)18(19,20)21;1-9(2)13(19)21-8-12(18)20-7-10-4-3-5-11(6-10)14(15,16)17/h3-8,11-12,14,19-22H,1,9-10H2,2H3;3-5,9,11,14-16H,1,6-8H2,2H3;3-10H,1H2,2H3;3-6H,1,7-8H2,2H3. The summed E-state index contributed by atoms with van der Waals surface area (Å²) in [7, 11) is 0. The van der Waals surface area contributed by atoms with Crippen LogP contribution in [0.2, 0.25) is 0 Å². The number of halogens is 15. The summed E-state index contributed by atoms with van der Waals surface area (Å²) in [6, 6.07) is 25.3. The highest BCUT2D eigenvalue weighted by atomic mass is 19.4. The molecular weight excluding hydrogens is 1510 g/mol. The zero-order valence-electron chi connectivity index (χ0n) is 58.8. The first-order chi connectivity index (χ1) is 51.7. The molecule has 10 rings (SSSR count). The number of alkyl halides is 15. The summed E-state index contributed by atoms with van der Waals surface area (Å²) >= 11 is 0. The van der Waals surface area contributed by atoms with Crippen LogP contribution in [0.4, 0.5) is 65.9 Å². The predicted molar refractivity (Wildman–Crippen MR) is 358 cm³/mol. The number of hydrogen-bond donors (Lipinski definition) is 0. The number of carbonyl (C=O) groups is 9. The van der Waals surface area contributed by atoms with Gasteiger partial charge in [0.1, 0.15) is 47.6 Å². The Kier molecular flexibility index (Phi) is 28.4.